The van der Waals surface area contributed by atoms with Crippen LogP contribution in [0.4, 0.5) is 5.69 Å². The fourth-order valence-corrected chi connectivity index (χ4v) is 3.18. The van der Waals surface area contributed by atoms with E-state index in [4.69, 9.17) is 9.47 Å². The largest absolute Gasteiger partial charge is 0.465 e. The Morgan fingerprint density at radius 2 is 1.89 bits per heavy atom. The summed E-state index contributed by atoms with van der Waals surface area (Å²) in [6, 6.07) is 10.4. The average molecular weight is 367 g/mol. The Labute approximate surface area is 157 Å². The van der Waals surface area contributed by atoms with E-state index in [-0.39, 0.29) is 6.42 Å². The third-order valence-electron chi connectivity index (χ3n) is 4.89. The minimum Gasteiger partial charge on any atom is -0.465 e. The molecule has 0 bridgehead atoms. The van der Waals surface area contributed by atoms with Gasteiger partial charge in [-0.3, -0.25) is 4.79 Å². The maximum absolute atomic E-state index is 12.9. The standard InChI is InChI=1S/C21H21NO5/c1-12-9-15(10-17(13(12)2)18(23)26-4)22-20(25)21(3)11-14-7-5-6-8-16(14)19(24)27-21/h5-10H,11H2,1-4H3,(H,22,25). The summed E-state index contributed by atoms with van der Waals surface area (Å²) >= 11 is 0. The van der Waals surface area contributed by atoms with Crippen molar-refractivity contribution in [2.75, 3.05) is 12.4 Å². The van der Waals surface area contributed by atoms with Gasteiger partial charge in [-0.1, -0.05) is 18.2 Å². The van der Waals surface area contributed by atoms with Crippen LogP contribution in [0.15, 0.2) is 36.4 Å². The summed E-state index contributed by atoms with van der Waals surface area (Å²) in [7, 11) is 1.31. The van der Waals surface area contributed by atoms with E-state index in [1.807, 2.05) is 26.0 Å². The number of nitrogens with one attached hydrogen (secondary N) is 1. The van der Waals surface area contributed by atoms with Crippen molar-refractivity contribution in [3.05, 3.63) is 64.2 Å². The van der Waals surface area contributed by atoms with Crippen molar-refractivity contribution in [2.24, 2.45) is 0 Å². The molecular weight excluding hydrogens is 346 g/mol. The van der Waals surface area contributed by atoms with Gasteiger partial charge in [0.15, 0.2) is 5.60 Å². The monoisotopic (exact) mass is 367 g/mol. The Hall–Kier alpha value is -3.15. The number of carbonyl (C=O) groups excluding carboxylic acids is 3. The van der Waals surface area contributed by atoms with Gasteiger partial charge in [0.25, 0.3) is 5.91 Å². The Bertz CT molecular complexity index is 950. The van der Waals surface area contributed by atoms with Crippen LogP contribution in [0, 0.1) is 13.8 Å². The van der Waals surface area contributed by atoms with E-state index < -0.39 is 23.4 Å². The molecule has 3 rings (SSSR count). The lowest BCUT2D eigenvalue weighted by atomic mass is 9.89. The zero-order valence-electron chi connectivity index (χ0n) is 15.7. The number of esters is 2. The van der Waals surface area contributed by atoms with Gasteiger partial charge in [-0.05, 0) is 55.7 Å². The van der Waals surface area contributed by atoms with Gasteiger partial charge in [-0.2, -0.15) is 0 Å². The number of methoxy groups -OCH3 is 1. The Morgan fingerprint density at radius 1 is 1.19 bits per heavy atom. The van der Waals surface area contributed by atoms with Crippen molar-refractivity contribution < 1.29 is 23.9 Å². The highest BCUT2D eigenvalue weighted by atomic mass is 16.6. The second kappa shape index (κ2) is 6.87. The van der Waals surface area contributed by atoms with E-state index in [0.29, 0.717) is 16.8 Å². The molecule has 1 aliphatic rings. The number of carbonyl (C=O) groups is 3. The molecule has 1 N–H and O–H groups in total. The third-order valence-corrected chi connectivity index (χ3v) is 4.89. The topological polar surface area (TPSA) is 81.7 Å². The molecule has 1 amide bonds. The molecule has 27 heavy (non-hydrogen) atoms. The van der Waals surface area contributed by atoms with Crippen molar-refractivity contribution >= 4 is 23.5 Å². The van der Waals surface area contributed by atoms with E-state index in [2.05, 4.69) is 5.32 Å². The third kappa shape index (κ3) is 3.43. The fraction of sp³-hybridized carbons (Fsp3) is 0.286. The van der Waals surface area contributed by atoms with Crippen molar-refractivity contribution in [3.8, 4) is 0 Å². The van der Waals surface area contributed by atoms with Gasteiger partial charge in [0.05, 0.1) is 18.2 Å². The van der Waals surface area contributed by atoms with E-state index >= 15 is 0 Å². The molecule has 6 heteroatoms. The van der Waals surface area contributed by atoms with E-state index in [1.54, 1.807) is 31.2 Å². The molecule has 0 aromatic heterocycles. The maximum Gasteiger partial charge on any atom is 0.339 e. The molecule has 0 saturated heterocycles. The first-order chi connectivity index (χ1) is 12.7. The molecule has 1 heterocycles. The highest BCUT2D eigenvalue weighted by molar-refractivity contribution is 6.03. The number of hydrogen-bond donors (Lipinski definition) is 1. The SMILES string of the molecule is COC(=O)c1cc(NC(=O)C2(C)Cc3ccccc3C(=O)O2)cc(C)c1C. The number of amides is 1. The Morgan fingerprint density at radius 3 is 2.59 bits per heavy atom. The lowest BCUT2D eigenvalue weighted by molar-refractivity contribution is -0.134. The number of anilines is 1. The summed E-state index contributed by atoms with van der Waals surface area (Å²) in [5.41, 5.74) is 2.34. The molecule has 0 saturated carbocycles. The van der Waals surface area contributed by atoms with Crippen molar-refractivity contribution in [3.63, 3.8) is 0 Å². The van der Waals surface area contributed by atoms with Crippen molar-refractivity contribution in [1.82, 2.24) is 0 Å². The Kier molecular flexibility index (Phi) is 4.74. The van der Waals surface area contributed by atoms with Crippen molar-refractivity contribution in [2.45, 2.75) is 32.8 Å². The van der Waals surface area contributed by atoms with Crippen molar-refractivity contribution in [1.29, 1.82) is 0 Å². The van der Waals surface area contributed by atoms with Crippen LogP contribution < -0.4 is 5.32 Å². The zero-order chi connectivity index (χ0) is 19.8. The molecule has 0 aliphatic carbocycles. The minimum absolute atomic E-state index is 0.273. The summed E-state index contributed by atoms with van der Waals surface area (Å²) in [4.78, 5) is 37.1. The van der Waals surface area contributed by atoms with Crippen LogP contribution in [0.25, 0.3) is 0 Å². The molecule has 0 radical (unpaired) electrons. The van der Waals surface area contributed by atoms with Gasteiger partial charge in [-0.15, -0.1) is 0 Å². The first-order valence-corrected chi connectivity index (χ1v) is 8.57. The van der Waals surface area contributed by atoms with Crippen LogP contribution in [0.2, 0.25) is 0 Å². The predicted octanol–water partition coefficient (Wildman–Crippen LogP) is 3.20. The number of cyclic esters (lactones) is 1. The van der Waals surface area contributed by atoms with Crippen LogP contribution in [-0.4, -0.2) is 30.6 Å². The van der Waals surface area contributed by atoms with Crippen LogP contribution in [0.5, 0.6) is 0 Å². The molecule has 1 aliphatic heterocycles. The minimum atomic E-state index is -1.34. The molecule has 0 spiro atoms. The second-order valence-electron chi connectivity index (χ2n) is 6.87. The quantitative estimate of drug-likeness (QED) is 0.843. The van der Waals surface area contributed by atoms with Crippen LogP contribution in [0.3, 0.4) is 0 Å². The van der Waals surface area contributed by atoms with Crippen LogP contribution in [0.1, 0.15) is 44.3 Å². The number of ether oxygens (including phenoxy) is 2. The summed E-state index contributed by atoms with van der Waals surface area (Å²) in [6.07, 6.45) is 0.273. The lowest BCUT2D eigenvalue weighted by Crippen LogP contribution is -2.48. The first kappa shape index (κ1) is 18.6. The highest BCUT2D eigenvalue weighted by Gasteiger charge is 2.42. The molecule has 0 fully saturated rings. The molecular formula is C21H21NO5. The highest BCUT2D eigenvalue weighted by Crippen LogP contribution is 2.30. The van der Waals surface area contributed by atoms with Gasteiger partial charge in [-0.25, -0.2) is 9.59 Å². The normalized spacial score (nSPS) is 18.3. The summed E-state index contributed by atoms with van der Waals surface area (Å²) in [5.74, 6) is -1.45. The molecule has 6 nitrogen and oxygen atoms in total. The van der Waals surface area contributed by atoms with Gasteiger partial charge in [0, 0.05) is 12.1 Å². The van der Waals surface area contributed by atoms with Gasteiger partial charge in [0.1, 0.15) is 0 Å². The number of aryl methyl sites for hydroxylation is 1. The predicted molar refractivity (Wildman–Crippen MR) is 99.9 cm³/mol. The molecule has 140 valence electrons. The Balaban J connectivity index is 1.89. The number of hydrogen-bond acceptors (Lipinski definition) is 5. The number of fused-ring (bicyclic) bond motifs is 1. The fourth-order valence-electron chi connectivity index (χ4n) is 3.18. The maximum atomic E-state index is 12.9. The lowest BCUT2D eigenvalue weighted by Gasteiger charge is -2.33. The molecule has 1 unspecified atom stereocenters. The zero-order valence-corrected chi connectivity index (χ0v) is 15.7. The van der Waals surface area contributed by atoms with E-state index in [0.717, 1.165) is 16.7 Å². The summed E-state index contributed by atoms with van der Waals surface area (Å²) in [5, 5.41) is 2.77. The van der Waals surface area contributed by atoms with E-state index in [1.165, 1.54) is 7.11 Å². The number of rotatable bonds is 3. The summed E-state index contributed by atoms with van der Waals surface area (Å²) < 4.78 is 10.2. The first-order valence-electron chi connectivity index (χ1n) is 8.57. The molecule has 1 atom stereocenters. The van der Waals surface area contributed by atoms with Gasteiger partial charge >= 0.3 is 11.9 Å². The molecule has 2 aromatic carbocycles. The van der Waals surface area contributed by atoms with E-state index in [9.17, 15) is 14.4 Å². The van der Waals surface area contributed by atoms with Gasteiger partial charge in [0.2, 0.25) is 0 Å². The number of benzene rings is 2. The second-order valence-corrected chi connectivity index (χ2v) is 6.87. The summed E-state index contributed by atoms with van der Waals surface area (Å²) in [6.45, 7) is 5.24. The van der Waals surface area contributed by atoms with Gasteiger partial charge < -0.3 is 14.8 Å². The van der Waals surface area contributed by atoms with Crippen LogP contribution in [-0.2, 0) is 20.7 Å². The molecule has 2 aromatic rings. The van der Waals surface area contributed by atoms with Crippen LogP contribution >= 0.6 is 0 Å². The average Bonchev–Trinajstić information content (AvgIpc) is 2.63. The smallest absolute Gasteiger partial charge is 0.339 e.